The highest BCUT2D eigenvalue weighted by atomic mass is 32.1. The molecule has 0 bridgehead atoms. The molecule has 5 rings (SSSR count). The number of hydrogen-bond donors (Lipinski definition) is 1. The highest BCUT2D eigenvalue weighted by Gasteiger charge is 2.23. The van der Waals surface area contributed by atoms with Crippen LogP contribution in [0, 0.1) is 6.92 Å². The Hall–Kier alpha value is -3.56. The molecule has 0 atom stereocenters. The molecule has 0 unspecified atom stereocenters. The molecule has 2 aromatic heterocycles. The maximum absolute atomic E-state index is 13.6. The zero-order valence-corrected chi connectivity index (χ0v) is 23.4. The number of rotatable bonds is 7. The predicted molar refractivity (Wildman–Crippen MR) is 151 cm³/mol. The normalized spacial score (nSPS) is 14.1. The van der Waals surface area contributed by atoms with Crippen LogP contribution in [0.2, 0.25) is 0 Å². The fourth-order valence-electron chi connectivity index (χ4n) is 4.78. The molecule has 0 spiro atoms. The molecule has 9 heteroatoms. The summed E-state index contributed by atoms with van der Waals surface area (Å²) in [7, 11) is 1.67. The van der Waals surface area contributed by atoms with Crippen molar-refractivity contribution in [3.63, 3.8) is 0 Å². The van der Waals surface area contributed by atoms with Gasteiger partial charge in [-0.05, 0) is 67.6 Å². The Morgan fingerprint density at radius 2 is 1.95 bits per heavy atom. The minimum Gasteiger partial charge on any atom is -0.494 e. The quantitative estimate of drug-likeness (QED) is 0.322. The monoisotopic (exact) mass is 530 g/mol. The van der Waals surface area contributed by atoms with Gasteiger partial charge in [-0.1, -0.05) is 38.1 Å². The number of aromatic nitrogens is 4. The van der Waals surface area contributed by atoms with Crippen molar-refractivity contribution in [2.45, 2.75) is 52.5 Å². The summed E-state index contributed by atoms with van der Waals surface area (Å²) < 4.78 is 7.58. The summed E-state index contributed by atoms with van der Waals surface area (Å²) in [5.74, 6) is 0.515. The maximum Gasteiger partial charge on any atom is 0.255 e. The number of carbonyl (C=O) groups is 1. The van der Waals surface area contributed by atoms with Crippen LogP contribution in [0.4, 0.5) is 5.69 Å². The molecule has 1 aliphatic rings. The Morgan fingerprint density at radius 3 is 2.63 bits per heavy atom. The summed E-state index contributed by atoms with van der Waals surface area (Å²) in [6.45, 7) is 11.5. The molecular formula is C29H34N6O2S. The van der Waals surface area contributed by atoms with Crippen LogP contribution >= 0.6 is 11.3 Å². The fraction of sp³-hybridized carbons (Fsp3) is 0.379. The zero-order valence-electron chi connectivity index (χ0n) is 22.6. The van der Waals surface area contributed by atoms with Crippen LogP contribution in [-0.4, -0.2) is 51.0 Å². The third-order valence-electron chi connectivity index (χ3n) is 6.97. The largest absolute Gasteiger partial charge is 0.494 e. The van der Waals surface area contributed by atoms with Crippen molar-refractivity contribution >= 4 is 22.9 Å². The number of aryl methyl sites for hydroxylation is 1. The van der Waals surface area contributed by atoms with E-state index < -0.39 is 0 Å². The first-order valence-electron chi connectivity index (χ1n) is 12.9. The van der Waals surface area contributed by atoms with Gasteiger partial charge in [-0.25, -0.2) is 4.68 Å². The Balaban J connectivity index is 1.46. The van der Waals surface area contributed by atoms with E-state index in [0.717, 1.165) is 58.3 Å². The van der Waals surface area contributed by atoms with Gasteiger partial charge in [0.15, 0.2) is 0 Å². The van der Waals surface area contributed by atoms with Crippen LogP contribution in [0.15, 0.2) is 48.2 Å². The van der Waals surface area contributed by atoms with E-state index in [1.807, 2.05) is 37.4 Å². The van der Waals surface area contributed by atoms with Crippen LogP contribution in [0.25, 0.3) is 16.3 Å². The lowest BCUT2D eigenvalue weighted by atomic mass is 9.85. The van der Waals surface area contributed by atoms with Crippen molar-refractivity contribution in [3.05, 3.63) is 70.5 Å². The van der Waals surface area contributed by atoms with Gasteiger partial charge in [0.05, 0.1) is 35.1 Å². The molecule has 1 amide bonds. The van der Waals surface area contributed by atoms with Crippen LogP contribution < -0.4 is 10.1 Å². The van der Waals surface area contributed by atoms with Crippen LogP contribution in [-0.2, 0) is 12.0 Å². The lowest BCUT2D eigenvalue weighted by Gasteiger charge is -2.25. The average Bonchev–Trinajstić information content (AvgIpc) is 3.66. The topological polar surface area (TPSA) is 85.2 Å². The van der Waals surface area contributed by atoms with Crippen molar-refractivity contribution in [1.82, 2.24) is 24.9 Å². The zero-order chi connectivity index (χ0) is 26.9. The Bertz CT molecular complexity index is 1430. The van der Waals surface area contributed by atoms with Gasteiger partial charge < -0.3 is 10.1 Å². The lowest BCUT2D eigenvalue weighted by Crippen LogP contribution is -2.21. The van der Waals surface area contributed by atoms with E-state index in [9.17, 15) is 4.79 Å². The summed E-state index contributed by atoms with van der Waals surface area (Å²) in [5.41, 5.74) is 7.70. The van der Waals surface area contributed by atoms with Crippen molar-refractivity contribution < 1.29 is 9.53 Å². The molecule has 198 valence electrons. The number of ether oxygens (including phenoxy) is 1. The van der Waals surface area contributed by atoms with Crippen molar-refractivity contribution in [3.8, 4) is 22.0 Å². The van der Waals surface area contributed by atoms with E-state index in [1.54, 1.807) is 23.5 Å². The highest BCUT2D eigenvalue weighted by Crippen LogP contribution is 2.37. The number of benzene rings is 2. The molecule has 4 aromatic rings. The number of likely N-dealkylation sites (tertiary alicyclic amines) is 1. The van der Waals surface area contributed by atoms with Crippen LogP contribution in [0.1, 0.15) is 60.7 Å². The fourth-order valence-corrected chi connectivity index (χ4v) is 5.35. The van der Waals surface area contributed by atoms with E-state index in [-0.39, 0.29) is 11.3 Å². The van der Waals surface area contributed by atoms with E-state index >= 15 is 0 Å². The SMILES string of the molecule is COc1c(CN2CCCC2)cc(C(C)(C)C)cc1NC(=O)c1ccc(C)c(-n2cc(-c3cncs3)nn2)c1. The van der Waals surface area contributed by atoms with Crippen LogP contribution in [0.3, 0.4) is 0 Å². The van der Waals surface area contributed by atoms with Gasteiger partial charge in [0.25, 0.3) is 5.91 Å². The molecule has 2 aromatic carbocycles. The average molecular weight is 531 g/mol. The first-order valence-corrected chi connectivity index (χ1v) is 13.8. The molecule has 38 heavy (non-hydrogen) atoms. The molecule has 0 saturated carbocycles. The lowest BCUT2D eigenvalue weighted by molar-refractivity contribution is 0.102. The second-order valence-electron chi connectivity index (χ2n) is 10.8. The second-order valence-corrected chi connectivity index (χ2v) is 11.7. The summed E-state index contributed by atoms with van der Waals surface area (Å²) in [4.78, 5) is 21.1. The molecule has 0 aliphatic carbocycles. The third kappa shape index (κ3) is 5.49. The molecular weight excluding hydrogens is 496 g/mol. The first-order chi connectivity index (χ1) is 18.2. The predicted octanol–water partition coefficient (Wildman–Crippen LogP) is 5.85. The minimum absolute atomic E-state index is 0.0780. The number of methoxy groups -OCH3 is 1. The maximum atomic E-state index is 13.6. The van der Waals surface area contributed by atoms with Gasteiger partial charge in [-0.15, -0.1) is 16.4 Å². The number of nitrogens with zero attached hydrogens (tertiary/aromatic N) is 5. The number of hydrogen-bond acceptors (Lipinski definition) is 7. The number of nitrogens with one attached hydrogen (secondary N) is 1. The van der Waals surface area contributed by atoms with E-state index in [2.05, 4.69) is 52.4 Å². The number of amides is 1. The number of carbonyl (C=O) groups excluding carboxylic acids is 1. The summed E-state index contributed by atoms with van der Waals surface area (Å²) in [6, 6.07) is 9.88. The van der Waals surface area contributed by atoms with Crippen LogP contribution in [0.5, 0.6) is 5.75 Å². The van der Waals surface area contributed by atoms with Crippen molar-refractivity contribution in [2.75, 3.05) is 25.5 Å². The molecule has 1 aliphatic heterocycles. The Labute approximate surface area is 227 Å². The summed E-state index contributed by atoms with van der Waals surface area (Å²) >= 11 is 1.51. The molecule has 1 fully saturated rings. The Morgan fingerprint density at radius 1 is 1.16 bits per heavy atom. The minimum atomic E-state index is -0.203. The number of anilines is 1. The van der Waals surface area contributed by atoms with Gasteiger partial charge in [0.1, 0.15) is 11.4 Å². The van der Waals surface area contributed by atoms with Gasteiger partial charge >= 0.3 is 0 Å². The highest BCUT2D eigenvalue weighted by molar-refractivity contribution is 7.13. The molecule has 1 N–H and O–H groups in total. The van der Waals surface area contributed by atoms with Gasteiger partial charge in [0.2, 0.25) is 0 Å². The van der Waals surface area contributed by atoms with E-state index in [4.69, 9.17) is 4.74 Å². The first kappa shape index (κ1) is 26.1. The Kier molecular flexibility index (Phi) is 7.32. The van der Waals surface area contributed by atoms with Gasteiger partial charge in [0, 0.05) is 23.9 Å². The van der Waals surface area contributed by atoms with E-state index in [1.165, 1.54) is 24.2 Å². The smallest absolute Gasteiger partial charge is 0.255 e. The summed E-state index contributed by atoms with van der Waals surface area (Å²) in [6.07, 6.45) is 6.07. The molecule has 8 nitrogen and oxygen atoms in total. The van der Waals surface area contributed by atoms with Crippen molar-refractivity contribution in [2.24, 2.45) is 0 Å². The summed E-state index contributed by atoms with van der Waals surface area (Å²) in [5, 5.41) is 11.7. The second kappa shape index (κ2) is 10.7. The third-order valence-corrected chi connectivity index (χ3v) is 7.77. The molecule has 3 heterocycles. The number of thiazole rings is 1. The molecule has 0 radical (unpaired) electrons. The van der Waals surface area contributed by atoms with Gasteiger partial charge in [-0.2, -0.15) is 0 Å². The molecule has 1 saturated heterocycles. The van der Waals surface area contributed by atoms with E-state index in [0.29, 0.717) is 11.3 Å². The van der Waals surface area contributed by atoms with Crippen molar-refractivity contribution in [1.29, 1.82) is 0 Å². The standard InChI is InChI=1S/C29H34N6O2S/c1-19-8-9-20(13-25(19)35-17-24(32-33-35)26-15-30-18-38-26)28(36)31-23-14-22(29(2,3)4)12-21(27(23)37-5)16-34-10-6-7-11-34/h8-9,12-15,17-18H,6-7,10-11,16H2,1-5H3,(H,31,36). The van der Waals surface area contributed by atoms with Gasteiger partial charge in [-0.3, -0.25) is 14.7 Å².